The largest absolute Gasteiger partial charge is 0.309 e. The molecule has 1 aromatic heterocycles. The number of aromatic nitrogens is 1. The number of para-hydroxylation sites is 1. The van der Waals surface area contributed by atoms with Crippen LogP contribution in [0.5, 0.6) is 0 Å². The number of hydrogen-bond acceptors (Lipinski definition) is 2. The van der Waals surface area contributed by atoms with Gasteiger partial charge in [0.05, 0.1) is 20.8 Å². The molecule has 0 unspecified atom stereocenters. The van der Waals surface area contributed by atoms with E-state index in [0.29, 0.717) is 9.79 Å². The predicted molar refractivity (Wildman–Crippen MR) is 211 cm³/mol. The summed E-state index contributed by atoms with van der Waals surface area (Å²) in [7, 11) is -3.54. The molecule has 50 heavy (non-hydrogen) atoms. The van der Waals surface area contributed by atoms with Crippen molar-refractivity contribution in [3.63, 3.8) is 0 Å². The highest BCUT2D eigenvalue weighted by Gasteiger charge is 2.30. The fraction of sp³-hybridized carbons (Fsp3) is 0.174. The summed E-state index contributed by atoms with van der Waals surface area (Å²) in [5, 5.41) is 2.56. The van der Waals surface area contributed by atoms with Gasteiger partial charge < -0.3 is 4.57 Å². The van der Waals surface area contributed by atoms with Crippen LogP contribution in [0.4, 0.5) is 0 Å². The Kier molecular flexibility index (Phi) is 8.40. The van der Waals surface area contributed by atoms with Crippen LogP contribution in [0.2, 0.25) is 0 Å². The first-order valence-electron chi connectivity index (χ1n) is 17.2. The highest BCUT2D eigenvalue weighted by molar-refractivity contribution is 7.91. The van der Waals surface area contributed by atoms with Crippen LogP contribution < -0.4 is 0 Å². The van der Waals surface area contributed by atoms with E-state index < -0.39 is 9.84 Å². The number of hydrogen-bond donors (Lipinski definition) is 0. The Labute approximate surface area is 296 Å². The first-order chi connectivity index (χ1) is 23.8. The van der Waals surface area contributed by atoms with Crippen molar-refractivity contribution < 1.29 is 8.42 Å². The molecule has 7 aromatic rings. The van der Waals surface area contributed by atoms with Gasteiger partial charge in [0.1, 0.15) is 0 Å². The van der Waals surface area contributed by atoms with Crippen molar-refractivity contribution in [1.82, 2.24) is 4.57 Å². The van der Waals surface area contributed by atoms with Gasteiger partial charge in [0.25, 0.3) is 0 Å². The fourth-order valence-electron chi connectivity index (χ4n) is 6.99. The van der Waals surface area contributed by atoms with Gasteiger partial charge in [0.2, 0.25) is 9.84 Å². The lowest BCUT2D eigenvalue weighted by molar-refractivity contribution is 0.533. The number of benzene rings is 6. The van der Waals surface area contributed by atoms with Crippen LogP contribution in [0.25, 0.3) is 50.8 Å². The highest BCUT2D eigenvalue weighted by atomic mass is 32.2. The van der Waals surface area contributed by atoms with Gasteiger partial charge in [0.15, 0.2) is 0 Å². The van der Waals surface area contributed by atoms with Crippen molar-refractivity contribution in [3.05, 3.63) is 162 Å². The van der Waals surface area contributed by atoms with Crippen LogP contribution in [0.15, 0.2) is 149 Å². The number of sulfone groups is 1. The summed E-state index contributed by atoms with van der Waals surface area (Å²) in [5.41, 5.74) is 10.6. The second kappa shape index (κ2) is 12.6. The minimum absolute atomic E-state index is 0.0152. The SMILES string of the molecule is CC(C)(C)c1ccc2c3ccccc3n(-c3ccc(C=Cc4ccc(-c5ccc(S(=O)(=O)c6ccccc6)cc5)cc4)cc3)c2c1C(C)(C)C. The highest BCUT2D eigenvalue weighted by Crippen LogP contribution is 2.43. The second-order valence-corrected chi connectivity index (χ2v) is 17.1. The average Bonchev–Trinajstić information content (AvgIpc) is 3.45. The third-order valence-corrected chi connectivity index (χ3v) is 11.3. The van der Waals surface area contributed by atoms with Crippen LogP contribution in [0.1, 0.15) is 63.8 Å². The molecule has 7 rings (SSSR count). The topological polar surface area (TPSA) is 39.1 Å². The normalized spacial score (nSPS) is 12.7. The zero-order valence-electron chi connectivity index (χ0n) is 29.6. The number of rotatable bonds is 6. The average molecular weight is 674 g/mol. The zero-order valence-corrected chi connectivity index (χ0v) is 30.4. The maximum absolute atomic E-state index is 13.0. The van der Waals surface area contributed by atoms with E-state index in [4.69, 9.17) is 0 Å². The van der Waals surface area contributed by atoms with E-state index in [1.165, 1.54) is 32.9 Å². The van der Waals surface area contributed by atoms with Gasteiger partial charge in [0, 0.05) is 16.5 Å². The summed E-state index contributed by atoms with van der Waals surface area (Å²) < 4.78 is 28.4. The van der Waals surface area contributed by atoms with E-state index >= 15 is 0 Å². The molecular formula is C46H43NO2S. The van der Waals surface area contributed by atoms with Crippen molar-refractivity contribution in [1.29, 1.82) is 0 Å². The summed E-state index contributed by atoms with van der Waals surface area (Å²) in [5.74, 6) is 0. The molecule has 1 heterocycles. The van der Waals surface area contributed by atoms with E-state index in [1.807, 2.05) is 18.2 Å². The summed E-state index contributed by atoms with van der Waals surface area (Å²) in [6, 6.07) is 46.2. The van der Waals surface area contributed by atoms with Crippen LogP contribution in [-0.4, -0.2) is 13.0 Å². The molecule has 250 valence electrons. The van der Waals surface area contributed by atoms with E-state index in [0.717, 1.165) is 27.9 Å². The molecular weight excluding hydrogens is 631 g/mol. The number of fused-ring (bicyclic) bond motifs is 3. The second-order valence-electron chi connectivity index (χ2n) is 15.1. The molecule has 0 amide bonds. The molecule has 0 aliphatic rings. The van der Waals surface area contributed by atoms with Gasteiger partial charge in [-0.05, 0) is 86.7 Å². The molecule has 0 aliphatic carbocycles. The Balaban J connectivity index is 1.16. The minimum Gasteiger partial charge on any atom is -0.309 e. The van der Waals surface area contributed by atoms with Gasteiger partial charge in [-0.25, -0.2) is 8.42 Å². The van der Waals surface area contributed by atoms with E-state index in [9.17, 15) is 8.42 Å². The maximum Gasteiger partial charge on any atom is 0.206 e. The standard InChI is InChI=1S/C46H43NO2S/c1-45(2,3)41-31-30-40-39-14-10-11-15-42(39)47(44(40)43(41)46(4,5)6)36-26-20-33(21-27-36)17-16-32-18-22-34(23-19-32)35-24-28-38(29-25-35)50(48,49)37-12-8-7-9-13-37/h7-31H,1-6H3. The van der Waals surface area contributed by atoms with E-state index in [-0.39, 0.29) is 10.8 Å². The first kappa shape index (κ1) is 33.3. The van der Waals surface area contributed by atoms with Crippen molar-refractivity contribution >= 4 is 43.8 Å². The Morgan fingerprint density at radius 3 is 1.60 bits per heavy atom. The van der Waals surface area contributed by atoms with Crippen LogP contribution in [-0.2, 0) is 20.7 Å². The van der Waals surface area contributed by atoms with Gasteiger partial charge in [-0.3, -0.25) is 0 Å². The maximum atomic E-state index is 13.0. The Morgan fingerprint density at radius 2 is 1.02 bits per heavy atom. The van der Waals surface area contributed by atoms with Gasteiger partial charge in [-0.2, -0.15) is 0 Å². The Bertz CT molecular complexity index is 2450. The molecule has 0 saturated carbocycles. The molecule has 0 bridgehead atoms. The van der Waals surface area contributed by atoms with E-state index in [2.05, 4.69) is 143 Å². The van der Waals surface area contributed by atoms with Crippen LogP contribution >= 0.6 is 0 Å². The Hall–Kier alpha value is -5.19. The molecule has 0 spiro atoms. The van der Waals surface area contributed by atoms with Gasteiger partial charge in [-0.15, -0.1) is 0 Å². The van der Waals surface area contributed by atoms with E-state index in [1.54, 1.807) is 36.4 Å². The Morgan fingerprint density at radius 1 is 0.500 bits per heavy atom. The van der Waals surface area contributed by atoms with Crippen LogP contribution in [0.3, 0.4) is 0 Å². The lowest BCUT2D eigenvalue weighted by Gasteiger charge is -2.31. The monoisotopic (exact) mass is 673 g/mol. The molecule has 0 fully saturated rings. The summed E-state index contributed by atoms with van der Waals surface area (Å²) in [6.45, 7) is 13.9. The minimum atomic E-state index is -3.54. The van der Waals surface area contributed by atoms with Crippen molar-refractivity contribution in [2.75, 3.05) is 0 Å². The summed E-state index contributed by atoms with van der Waals surface area (Å²) in [4.78, 5) is 0.593. The predicted octanol–water partition coefficient (Wildman–Crippen LogP) is 12.0. The van der Waals surface area contributed by atoms with Crippen molar-refractivity contribution in [2.45, 2.75) is 62.2 Å². The van der Waals surface area contributed by atoms with Crippen molar-refractivity contribution in [2.24, 2.45) is 0 Å². The molecule has 6 aromatic carbocycles. The van der Waals surface area contributed by atoms with Gasteiger partial charge in [-0.1, -0.05) is 151 Å². The summed E-state index contributed by atoms with van der Waals surface area (Å²) in [6.07, 6.45) is 4.27. The molecule has 0 atom stereocenters. The van der Waals surface area contributed by atoms with Crippen molar-refractivity contribution in [3.8, 4) is 16.8 Å². The summed E-state index contributed by atoms with van der Waals surface area (Å²) >= 11 is 0. The number of nitrogens with zero attached hydrogens (tertiary/aromatic N) is 1. The fourth-order valence-corrected chi connectivity index (χ4v) is 8.27. The van der Waals surface area contributed by atoms with Gasteiger partial charge >= 0.3 is 0 Å². The molecule has 4 heteroatoms. The molecule has 0 radical (unpaired) electrons. The first-order valence-corrected chi connectivity index (χ1v) is 18.7. The lowest BCUT2D eigenvalue weighted by atomic mass is 9.74. The molecule has 0 N–H and O–H groups in total. The smallest absolute Gasteiger partial charge is 0.206 e. The molecule has 0 saturated heterocycles. The molecule has 3 nitrogen and oxygen atoms in total. The zero-order chi connectivity index (χ0) is 35.3. The quantitative estimate of drug-likeness (QED) is 0.165. The molecule has 0 aliphatic heterocycles. The lowest BCUT2D eigenvalue weighted by Crippen LogP contribution is -2.23. The third kappa shape index (κ3) is 6.21. The van der Waals surface area contributed by atoms with Crippen LogP contribution in [0, 0.1) is 0 Å². The third-order valence-electron chi connectivity index (χ3n) is 9.48.